The molecule has 0 saturated heterocycles. The highest BCUT2D eigenvalue weighted by Crippen LogP contribution is 2.28. The van der Waals surface area contributed by atoms with Crippen molar-refractivity contribution >= 4 is 17.4 Å². The molecule has 4 rings (SSSR count). The third-order valence-electron chi connectivity index (χ3n) is 5.16. The fraction of sp³-hybridized carbons (Fsp3) is 0.250. The van der Waals surface area contributed by atoms with Gasteiger partial charge in [-0.1, -0.05) is 25.5 Å². The van der Waals surface area contributed by atoms with E-state index >= 15 is 0 Å². The molecule has 2 heterocycles. The zero-order valence-electron chi connectivity index (χ0n) is 19.9. The average molecular weight is 491 g/mol. The van der Waals surface area contributed by atoms with Crippen LogP contribution in [0.3, 0.4) is 0 Å². The number of aromatic nitrogens is 5. The summed E-state index contributed by atoms with van der Waals surface area (Å²) in [6.45, 7) is 4.62. The van der Waals surface area contributed by atoms with Gasteiger partial charge in [0, 0.05) is 5.56 Å². The molecule has 0 unspecified atom stereocenters. The monoisotopic (exact) mass is 490 g/mol. The Bertz CT molecular complexity index is 1340. The van der Waals surface area contributed by atoms with Crippen LogP contribution < -0.4 is 15.9 Å². The van der Waals surface area contributed by atoms with Crippen molar-refractivity contribution < 1.29 is 19.3 Å². The van der Waals surface area contributed by atoms with Gasteiger partial charge >= 0.3 is 0 Å². The predicted octanol–water partition coefficient (Wildman–Crippen LogP) is 3.33. The van der Waals surface area contributed by atoms with E-state index in [1.165, 1.54) is 4.68 Å². The number of hydrazone groups is 1. The lowest BCUT2D eigenvalue weighted by atomic mass is 10.1. The third-order valence-corrected chi connectivity index (χ3v) is 5.16. The molecule has 12 nitrogen and oxygen atoms in total. The van der Waals surface area contributed by atoms with Crippen LogP contribution in [0.25, 0.3) is 17.1 Å². The number of anilines is 1. The van der Waals surface area contributed by atoms with E-state index in [2.05, 4.69) is 31.2 Å². The number of benzene rings is 2. The number of ether oxygens (including phenoxy) is 1. The second-order valence-electron chi connectivity index (χ2n) is 7.84. The molecular weight excluding hydrogens is 464 g/mol. The molecule has 0 aliphatic carbocycles. The summed E-state index contributed by atoms with van der Waals surface area (Å²) >= 11 is 0. The summed E-state index contributed by atoms with van der Waals surface area (Å²) in [7, 11) is 0. The molecule has 0 aliphatic heterocycles. The molecule has 0 aliphatic rings. The number of carbonyl (C=O) groups is 1. The number of phenols is 1. The summed E-state index contributed by atoms with van der Waals surface area (Å²) < 4.78 is 11.7. The molecule has 0 saturated carbocycles. The van der Waals surface area contributed by atoms with Crippen LogP contribution in [0.4, 0.5) is 5.82 Å². The molecule has 36 heavy (non-hydrogen) atoms. The van der Waals surface area contributed by atoms with E-state index in [0.717, 1.165) is 18.4 Å². The fourth-order valence-corrected chi connectivity index (χ4v) is 3.44. The van der Waals surface area contributed by atoms with Gasteiger partial charge in [0.25, 0.3) is 5.91 Å². The maximum atomic E-state index is 13.2. The lowest BCUT2D eigenvalue weighted by Crippen LogP contribution is -2.21. The van der Waals surface area contributed by atoms with E-state index in [4.69, 9.17) is 15.1 Å². The minimum atomic E-state index is -0.579. The fourth-order valence-electron chi connectivity index (χ4n) is 3.44. The Labute approximate surface area is 206 Å². The highest BCUT2D eigenvalue weighted by atomic mass is 16.6. The zero-order valence-corrected chi connectivity index (χ0v) is 19.9. The molecule has 1 amide bonds. The topological polar surface area (TPSA) is 167 Å². The van der Waals surface area contributed by atoms with Crippen molar-refractivity contribution in [1.29, 1.82) is 0 Å². The van der Waals surface area contributed by atoms with Crippen LogP contribution in [0.1, 0.15) is 49.2 Å². The summed E-state index contributed by atoms with van der Waals surface area (Å²) in [6.07, 6.45) is 2.30. The third kappa shape index (κ3) is 5.32. The summed E-state index contributed by atoms with van der Waals surface area (Å²) in [5.41, 5.74) is 10.8. The number of aromatic hydroxyl groups is 1. The number of hydrogen-bond donors (Lipinski definition) is 3. The molecule has 0 bridgehead atoms. The molecule has 0 spiro atoms. The maximum absolute atomic E-state index is 13.2. The summed E-state index contributed by atoms with van der Waals surface area (Å²) in [5.74, 6) is 0.349. The Balaban J connectivity index is 1.69. The van der Waals surface area contributed by atoms with Gasteiger partial charge in [-0.3, -0.25) is 4.79 Å². The van der Waals surface area contributed by atoms with Crippen LogP contribution in [-0.4, -0.2) is 48.6 Å². The number of phenolic OH excluding ortho intramolecular Hbond substituents is 1. The van der Waals surface area contributed by atoms with Crippen LogP contribution in [0.15, 0.2) is 58.3 Å². The van der Waals surface area contributed by atoms with E-state index in [0.29, 0.717) is 35.7 Å². The minimum Gasteiger partial charge on any atom is -0.508 e. The van der Waals surface area contributed by atoms with Crippen LogP contribution in [0.2, 0.25) is 0 Å². The number of nitrogens with two attached hydrogens (primary N) is 1. The van der Waals surface area contributed by atoms with Gasteiger partial charge in [0.2, 0.25) is 11.6 Å². The summed E-state index contributed by atoms with van der Waals surface area (Å²) in [4.78, 5) is 13.2. The summed E-state index contributed by atoms with van der Waals surface area (Å²) in [5, 5.41) is 29.4. The lowest BCUT2D eigenvalue weighted by molar-refractivity contribution is 0.0950. The van der Waals surface area contributed by atoms with Gasteiger partial charge in [-0.25, -0.2) is 10.1 Å². The van der Waals surface area contributed by atoms with Crippen LogP contribution in [0, 0.1) is 0 Å². The molecule has 12 heteroatoms. The first-order valence-corrected chi connectivity index (χ1v) is 11.5. The number of carbonyl (C=O) groups excluding carboxylic acids is 1. The first-order valence-electron chi connectivity index (χ1n) is 11.5. The van der Waals surface area contributed by atoms with E-state index in [1.807, 2.05) is 13.8 Å². The van der Waals surface area contributed by atoms with Gasteiger partial charge in [-0.05, 0) is 77.2 Å². The van der Waals surface area contributed by atoms with Crippen LogP contribution >= 0.6 is 0 Å². The van der Waals surface area contributed by atoms with Crippen molar-refractivity contribution in [3.05, 3.63) is 59.8 Å². The molecule has 0 atom stereocenters. The Morgan fingerprint density at radius 2 is 1.86 bits per heavy atom. The molecule has 186 valence electrons. The quantitative estimate of drug-likeness (QED) is 0.223. The summed E-state index contributed by atoms with van der Waals surface area (Å²) in [6, 6.07) is 13.7. The highest BCUT2D eigenvalue weighted by molar-refractivity contribution is 6.03. The Morgan fingerprint density at radius 1 is 1.11 bits per heavy atom. The Hall–Kier alpha value is -4.74. The number of rotatable bonds is 10. The smallest absolute Gasteiger partial charge is 0.294 e. The second-order valence-corrected chi connectivity index (χ2v) is 7.84. The number of amides is 1. The molecule has 2 aromatic carbocycles. The Morgan fingerprint density at radius 3 is 2.50 bits per heavy atom. The van der Waals surface area contributed by atoms with Crippen molar-refractivity contribution in [2.75, 3.05) is 12.3 Å². The number of nitrogens with zero attached hydrogens (tertiary/aromatic N) is 6. The SMILES string of the molecule is CCCOc1ccc(-c2c(C(=O)NN=C(CCC)c3ccc(O)cc3)nnn2-c2nonc2N)cc1. The van der Waals surface area contributed by atoms with Gasteiger partial charge in [0.1, 0.15) is 17.2 Å². The molecule has 4 N–H and O–H groups in total. The number of nitrogen functional groups attached to an aromatic ring is 1. The predicted molar refractivity (Wildman–Crippen MR) is 132 cm³/mol. The van der Waals surface area contributed by atoms with Gasteiger partial charge in [-0.15, -0.1) is 5.10 Å². The normalized spacial score (nSPS) is 11.4. The average Bonchev–Trinajstić information content (AvgIpc) is 3.52. The first kappa shape index (κ1) is 24.4. The second kappa shape index (κ2) is 11.1. The van der Waals surface area contributed by atoms with Gasteiger partial charge < -0.3 is 15.6 Å². The number of nitrogens with one attached hydrogen (secondary N) is 1. The lowest BCUT2D eigenvalue weighted by Gasteiger charge is -2.09. The van der Waals surface area contributed by atoms with Crippen molar-refractivity contribution in [2.24, 2.45) is 5.10 Å². The van der Waals surface area contributed by atoms with Crippen LogP contribution in [-0.2, 0) is 0 Å². The van der Waals surface area contributed by atoms with E-state index in [9.17, 15) is 9.90 Å². The molecule has 4 aromatic rings. The Kier molecular flexibility index (Phi) is 7.54. The van der Waals surface area contributed by atoms with Gasteiger partial charge in [0.05, 0.1) is 12.3 Å². The number of hydrogen-bond acceptors (Lipinski definition) is 10. The first-order chi connectivity index (χ1) is 17.5. The molecule has 0 radical (unpaired) electrons. The maximum Gasteiger partial charge on any atom is 0.294 e. The van der Waals surface area contributed by atoms with Crippen LogP contribution in [0.5, 0.6) is 11.5 Å². The van der Waals surface area contributed by atoms with E-state index < -0.39 is 5.91 Å². The minimum absolute atomic E-state index is 0.00457. The molecule has 0 fully saturated rings. The molecular formula is C24H26N8O4. The van der Waals surface area contributed by atoms with Crippen molar-refractivity contribution in [1.82, 2.24) is 30.7 Å². The largest absolute Gasteiger partial charge is 0.508 e. The van der Waals surface area contributed by atoms with Crippen molar-refractivity contribution in [3.63, 3.8) is 0 Å². The zero-order chi connectivity index (χ0) is 25.5. The molecule has 2 aromatic heterocycles. The van der Waals surface area contributed by atoms with Gasteiger partial charge in [-0.2, -0.15) is 9.78 Å². The van der Waals surface area contributed by atoms with E-state index in [1.54, 1.807) is 48.5 Å². The standard InChI is InChI=1S/C24H26N8O4/c1-3-5-19(15-6-10-17(33)11-7-15)26-28-24(34)20-21(16-8-12-18(13-9-16)35-14-4-2)32(31-27-20)23-22(25)29-36-30-23/h6-13,33H,3-5,14H2,1-2H3,(H2,25,29)(H,28,34). The van der Waals surface area contributed by atoms with E-state index in [-0.39, 0.29) is 23.1 Å². The van der Waals surface area contributed by atoms with Gasteiger partial charge in [0.15, 0.2) is 5.69 Å². The van der Waals surface area contributed by atoms with Crippen molar-refractivity contribution in [2.45, 2.75) is 33.1 Å². The highest BCUT2D eigenvalue weighted by Gasteiger charge is 2.25. The van der Waals surface area contributed by atoms with Crippen molar-refractivity contribution in [3.8, 4) is 28.6 Å².